The molecule has 0 aliphatic heterocycles. The number of benzene rings is 1. The van der Waals surface area contributed by atoms with E-state index in [0.717, 1.165) is 0 Å². The molecule has 0 saturated carbocycles. The molecule has 0 aliphatic rings. The number of aromatic nitrogens is 2. The number of imidazole rings is 1. The van der Waals surface area contributed by atoms with Crippen molar-refractivity contribution >= 4 is 17.3 Å². The van der Waals surface area contributed by atoms with E-state index in [-0.39, 0.29) is 5.91 Å². The predicted octanol–water partition coefficient (Wildman–Crippen LogP) is 1.26. The average Bonchev–Trinajstić information content (AvgIpc) is 2.78. The monoisotopic (exact) mass is 246 g/mol. The molecule has 94 valence electrons. The number of carbonyl (C=O) groups excluding carboxylic acids is 1. The van der Waals surface area contributed by atoms with Crippen LogP contribution in [0, 0.1) is 0 Å². The normalized spacial score (nSPS) is 10.1. The molecule has 6 nitrogen and oxygen atoms in total. The Kier molecular flexibility index (Phi) is 3.18. The number of nitrogen functional groups attached to an aromatic ring is 1. The van der Waals surface area contributed by atoms with Crippen LogP contribution in [-0.2, 0) is 7.05 Å². The Balaban J connectivity index is 2.20. The molecule has 0 bridgehead atoms. The van der Waals surface area contributed by atoms with E-state index >= 15 is 0 Å². The number of amides is 1. The van der Waals surface area contributed by atoms with Crippen molar-refractivity contribution < 1.29 is 9.53 Å². The highest BCUT2D eigenvalue weighted by Gasteiger charge is 2.11. The summed E-state index contributed by atoms with van der Waals surface area (Å²) in [6, 6.07) is 5.08. The smallest absolute Gasteiger partial charge is 0.273 e. The first-order valence-electron chi connectivity index (χ1n) is 5.33. The van der Waals surface area contributed by atoms with Crippen LogP contribution >= 0.6 is 0 Å². The van der Waals surface area contributed by atoms with E-state index in [9.17, 15) is 4.79 Å². The van der Waals surface area contributed by atoms with Crippen molar-refractivity contribution in [3.05, 3.63) is 36.4 Å². The van der Waals surface area contributed by atoms with Gasteiger partial charge in [0.15, 0.2) is 0 Å². The summed E-state index contributed by atoms with van der Waals surface area (Å²) in [6.45, 7) is 0. The van der Waals surface area contributed by atoms with Gasteiger partial charge >= 0.3 is 0 Å². The molecule has 6 heteroatoms. The third-order valence-corrected chi connectivity index (χ3v) is 2.56. The molecule has 0 aliphatic carbocycles. The number of hydrogen-bond donors (Lipinski definition) is 2. The van der Waals surface area contributed by atoms with Gasteiger partial charge in [0, 0.05) is 13.1 Å². The first kappa shape index (κ1) is 12.0. The van der Waals surface area contributed by atoms with Crippen molar-refractivity contribution in [3.63, 3.8) is 0 Å². The van der Waals surface area contributed by atoms with Gasteiger partial charge in [-0.25, -0.2) is 4.98 Å². The Bertz CT molecular complexity index is 577. The molecular formula is C12H14N4O2. The molecule has 1 aromatic heterocycles. The summed E-state index contributed by atoms with van der Waals surface area (Å²) in [7, 11) is 3.31. The lowest BCUT2D eigenvalue weighted by atomic mass is 10.2. The maximum absolute atomic E-state index is 11.9. The highest BCUT2D eigenvalue weighted by atomic mass is 16.5. The Hall–Kier alpha value is -2.50. The fourth-order valence-electron chi connectivity index (χ4n) is 1.54. The van der Waals surface area contributed by atoms with Gasteiger partial charge in [-0.05, 0) is 12.1 Å². The first-order chi connectivity index (χ1) is 8.61. The highest BCUT2D eigenvalue weighted by molar-refractivity contribution is 6.04. The lowest BCUT2D eigenvalue weighted by Gasteiger charge is -2.09. The maximum atomic E-state index is 11.9. The molecular weight excluding hydrogens is 232 g/mol. The number of nitrogens with one attached hydrogen (secondary N) is 1. The van der Waals surface area contributed by atoms with Crippen molar-refractivity contribution in [1.29, 1.82) is 0 Å². The molecule has 0 spiro atoms. The lowest BCUT2D eigenvalue weighted by Crippen LogP contribution is -2.16. The SMILES string of the molecule is COc1ccc(NC(=O)c2cncn2C)c(N)c1. The van der Waals surface area contributed by atoms with E-state index in [1.807, 2.05) is 0 Å². The zero-order chi connectivity index (χ0) is 13.1. The number of carbonyl (C=O) groups is 1. The zero-order valence-electron chi connectivity index (χ0n) is 10.2. The first-order valence-corrected chi connectivity index (χ1v) is 5.33. The number of hydrogen-bond acceptors (Lipinski definition) is 4. The fourth-order valence-corrected chi connectivity index (χ4v) is 1.54. The fraction of sp³-hybridized carbons (Fsp3) is 0.167. The molecule has 0 unspecified atom stereocenters. The number of ether oxygens (including phenoxy) is 1. The summed E-state index contributed by atoms with van der Waals surface area (Å²) in [4.78, 5) is 15.8. The van der Waals surface area contributed by atoms with Crippen molar-refractivity contribution in [3.8, 4) is 5.75 Å². The Morgan fingerprint density at radius 3 is 2.83 bits per heavy atom. The van der Waals surface area contributed by atoms with Gasteiger partial charge in [-0.1, -0.05) is 0 Å². The summed E-state index contributed by atoms with van der Waals surface area (Å²) in [5.41, 5.74) is 7.28. The lowest BCUT2D eigenvalue weighted by molar-refractivity contribution is 0.101. The summed E-state index contributed by atoms with van der Waals surface area (Å²) in [5, 5.41) is 2.72. The van der Waals surface area contributed by atoms with E-state index < -0.39 is 0 Å². The van der Waals surface area contributed by atoms with Gasteiger partial charge in [-0.2, -0.15) is 0 Å². The number of anilines is 2. The van der Waals surface area contributed by atoms with Gasteiger partial charge < -0.3 is 20.4 Å². The molecule has 1 heterocycles. The van der Waals surface area contributed by atoms with Crippen LogP contribution in [-0.4, -0.2) is 22.6 Å². The van der Waals surface area contributed by atoms with Crippen molar-refractivity contribution in [1.82, 2.24) is 9.55 Å². The molecule has 1 aromatic carbocycles. The number of methoxy groups -OCH3 is 1. The molecule has 0 atom stereocenters. The second-order valence-electron chi connectivity index (χ2n) is 3.80. The highest BCUT2D eigenvalue weighted by Crippen LogP contribution is 2.24. The molecule has 18 heavy (non-hydrogen) atoms. The van der Waals surface area contributed by atoms with Crippen LogP contribution in [0.3, 0.4) is 0 Å². The van der Waals surface area contributed by atoms with Crippen molar-refractivity contribution in [2.24, 2.45) is 7.05 Å². The molecule has 3 N–H and O–H groups in total. The van der Waals surface area contributed by atoms with E-state index in [2.05, 4.69) is 10.3 Å². The third-order valence-electron chi connectivity index (χ3n) is 2.56. The van der Waals surface area contributed by atoms with E-state index in [0.29, 0.717) is 22.8 Å². The van der Waals surface area contributed by atoms with Crippen LogP contribution in [0.15, 0.2) is 30.7 Å². The van der Waals surface area contributed by atoms with Gasteiger partial charge in [-0.3, -0.25) is 4.79 Å². The second-order valence-corrected chi connectivity index (χ2v) is 3.80. The largest absolute Gasteiger partial charge is 0.497 e. The van der Waals surface area contributed by atoms with E-state index in [1.54, 1.807) is 43.3 Å². The topological polar surface area (TPSA) is 82.2 Å². The number of nitrogens with two attached hydrogens (primary N) is 1. The second kappa shape index (κ2) is 4.79. The number of aryl methyl sites for hydroxylation is 1. The molecule has 2 rings (SSSR count). The standard InChI is InChI=1S/C12H14N4O2/c1-16-7-14-6-11(16)12(17)15-10-4-3-8(18-2)5-9(10)13/h3-7H,13H2,1-2H3,(H,15,17). The van der Waals surface area contributed by atoms with Gasteiger partial charge in [0.25, 0.3) is 5.91 Å². The molecule has 1 amide bonds. The molecule has 2 aromatic rings. The molecule has 0 saturated heterocycles. The Labute approximate surface area is 104 Å². The summed E-state index contributed by atoms with van der Waals surface area (Å²) in [5.74, 6) is 0.387. The van der Waals surface area contributed by atoms with Crippen LogP contribution in [0.5, 0.6) is 5.75 Å². The minimum absolute atomic E-state index is 0.258. The summed E-state index contributed by atoms with van der Waals surface area (Å²) >= 11 is 0. The predicted molar refractivity (Wildman–Crippen MR) is 68.6 cm³/mol. The number of rotatable bonds is 3. The van der Waals surface area contributed by atoms with Gasteiger partial charge in [0.2, 0.25) is 0 Å². The van der Waals surface area contributed by atoms with Crippen LogP contribution in [0.2, 0.25) is 0 Å². The zero-order valence-corrected chi connectivity index (χ0v) is 10.2. The Morgan fingerprint density at radius 1 is 1.50 bits per heavy atom. The average molecular weight is 246 g/mol. The summed E-state index contributed by atoms with van der Waals surface area (Å²) < 4.78 is 6.67. The van der Waals surface area contributed by atoms with Gasteiger partial charge in [-0.15, -0.1) is 0 Å². The molecule has 0 radical (unpaired) electrons. The van der Waals surface area contributed by atoms with Crippen LogP contribution in [0.4, 0.5) is 11.4 Å². The van der Waals surface area contributed by atoms with Crippen LogP contribution in [0.25, 0.3) is 0 Å². The van der Waals surface area contributed by atoms with Gasteiger partial charge in [0.1, 0.15) is 11.4 Å². The quantitative estimate of drug-likeness (QED) is 0.799. The molecule has 0 fully saturated rings. The van der Waals surface area contributed by atoms with Crippen molar-refractivity contribution in [2.75, 3.05) is 18.2 Å². The minimum Gasteiger partial charge on any atom is -0.497 e. The van der Waals surface area contributed by atoms with Crippen LogP contribution in [0.1, 0.15) is 10.5 Å². The van der Waals surface area contributed by atoms with Gasteiger partial charge in [0.05, 0.1) is 31.0 Å². The Morgan fingerprint density at radius 2 is 2.28 bits per heavy atom. The summed E-state index contributed by atoms with van der Waals surface area (Å²) in [6.07, 6.45) is 3.06. The van der Waals surface area contributed by atoms with Crippen molar-refractivity contribution in [2.45, 2.75) is 0 Å². The maximum Gasteiger partial charge on any atom is 0.273 e. The third kappa shape index (κ3) is 2.27. The number of nitrogens with zero attached hydrogens (tertiary/aromatic N) is 2. The van der Waals surface area contributed by atoms with E-state index in [1.165, 1.54) is 6.20 Å². The van der Waals surface area contributed by atoms with Crippen LogP contribution < -0.4 is 15.8 Å². The van der Waals surface area contributed by atoms with E-state index in [4.69, 9.17) is 10.5 Å². The minimum atomic E-state index is -0.258.